The molecule has 5 heteroatoms. The highest BCUT2D eigenvalue weighted by Crippen LogP contribution is 2.29. The summed E-state index contributed by atoms with van der Waals surface area (Å²) >= 11 is 0. The molecule has 1 aliphatic heterocycles. The van der Waals surface area contributed by atoms with Crippen LogP contribution in [0.5, 0.6) is 0 Å². The predicted octanol–water partition coefficient (Wildman–Crippen LogP) is 0.0469. The summed E-state index contributed by atoms with van der Waals surface area (Å²) in [5.41, 5.74) is 5.77. The zero-order valence-electron chi connectivity index (χ0n) is 9.26. The fourth-order valence-electron chi connectivity index (χ4n) is 2.62. The molecule has 1 aliphatic carbocycles. The zero-order valence-corrected chi connectivity index (χ0v) is 9.26. The molecule has 5 nitrogen and oxygen atoms in total. The van der Waals surface area contributed by atoms with Crippen LogP contribution in [0.2, 0.25) is 0 Å². The van der Waals surface area contributed by atoms with Gasteiger partial charge in [-0.15, -0.1) is 0 Å². The van der Waals surface area contributed by atoms with Crippen LogP contribution >= 0.6 is 0 Å². The van der Waals surface area contributed by atoms with E-state index in [1.165, 1.54) is 0 Å². The second-order valence-electron chi connectivity index (χ2n) is 4.98. The lowest BCUT2D eigenvalue weighted by molar-refractivity contribution is -0.147. The number of carboxylic acid groups (broad SMARTS) is 1. The number of aliphatic carboxylic acids is 1. The van der Waals surface area contributed by atoms with E-state index in [0.29, 0.717) is 13.1 Å². The van der Waals surface area contributed by atoms with Gasteiger partial charge < -0.3 is 15.7 Å². The highest BCUT2D eigenvalue weighted by atomic mass is 16.4. The maximum absolute atomic E-state index is 11.9. The minimum atomic E-state index is -0.778. The lowest BCUT2D eigenvalue weighted by atomic mass is 9.94. The van der Waals surface area contributed by atoms with Crippen LogP contribution in [-0.2, 0) is 9.59 Å². The second-order valence-corrected chi connectivity index (χ2v) is 4.98. The molecule has 2 unspecified atom stereocenters. The molecule has 0 radical (unpaired) electrons. The molecule has 0 aromatic rings. The standard InChI is InChI=1S/C11H18N2O3/c12-9-2-1-8(4-9)11(16)13-5-7(6-13)3-10(14)15/h7-9H,1-6,12H2,(H,14,15). The smallest absolute Gasteiger partial charge is 0.303 e. The molecule has 1 amide bonds. The largest absolute Gasteiger partial charge is 0.481 e. The lowest BCUT2D eigenvalue weighted by Gasteiger charge is -2.40. The molecular formula is C11H18N2O3. The minimum Gasteiger partial charge on any atom is -0.481 e. The molecule has 1 saturated carbocycles. The van der Waals surface area contributed by atoms with Gasteiger partial charge in [0.25, 0.3) is 0 Å². The molecule has 0 aromatic carbocycles. The Labute approximate surface area is 94.6 Å². The topological polar surface area (TPSA) is 83.6 Å². The summed E-state index contributed by atoms with van der Waals surface area (Å²) in [5, 5.41) is 8.60. The molecule has 2 atom stereocenters. The Kier molecular flexibility index (Phi) is 3.14. The number of carbonyl (C=O) groups is 2. The van der Waals surface area contributed by atoms with E-state index < -0.39 is 5.97 Å². The number of hydrogen-bond acceptors (Lipinski definition) is 3. The van der Waals surface area contributed by atoms with Crippen molar-refractivity contribution in [2.45, 2.75) is 31.7 Å². The van der Waals surface area contributed by atoms with E-state index in [0.717, 1.165) is 19.3 Å². The third-order valence-corrected chi connectivity index (χ3v) is 3.55. The van der Waals surface area contributed by atoms with E-state index in [2.05, 4.69) is 0 Å². The number of hydrogen-bond donors (Lipinski definition) is 2. The number of carbonyl (C=O) groups excluding carboxylic acids is 1. The molecule has 2 fully saturated rings. The second kappa shape index (κ2) is 4.41. The van der Waals surface area contributed by atoms with Crippen LogP contribution in [0.25, 0.3) is 0 Å². The van der Waals surface area contributed by atoms with E-state index in [1.54, 1.807) is 4.90 Å². The van der Waals surface area contributed by atoms with Crippen molar-refractivity contribution in [3.05, 3.63) is 0 Å². The Bertz CT molecular complexity index is 300. The van der Waals surface area contributed by atoms with E-state index in [9.17, 15) is 9.59 Å². The van der Waals surface area contributed by atoms with Gasteiger partial charge in [-0.3, -0.25) is 9.59 Å². The van der Waals surface area contributed by atoms with Crippen molar-refractivity contribution in [3.63, 3.8) is 0 Å². The van der Waals surface area contributed by atoms with Crippen molar-refractivity contribution in [2.24, 2.45) is 17.6 Å². The molecule has 3 N–H and O–H groups in total. The van der Waals surface area contributed by atoms with Gasteiger partial charge in [-0.2, -0.15) is 0 Å². The summed E-state index contributed by atoms with van der Waals surface area (Å²) < 4.78 is 0. The molecule has 1 heterocycles. The molecule has 16 heavy (non-hydrogen) atoms. The summed E-state index contributed by atoms with van der Waals surface area (Å²) in [4.78, 5) is 24.2. The van der Waals surface area contributed by atoms with Crippen molar-refractivity contribution < 1.29 is 14.7 Å². The van der Waals surface area contributed by atoms with Crippen molar-refractivity contribution in [2.75, 3.05) is 13.1 Å². The first-order valence-corrected chi connectivity index (χ1v) is 5.82. The average Bonchev–Trinajstić information content (AvgIpc) is 2.56. The molecule has 2 rings (SSSR count). The number of nitrogens with two attached hydrogens (primary N) is 1. The SMILES string of the molecule is NC1CCC(C(=O)N2CC(CC(=O)O)C2)C1. The fourth-order valence-corrected chi connectivity index (χ4v) is 2.62. The summed E-state index contributed by atoms with van der Waals surface area (Å²) in [7, 11) is 0. The monoisotopic (exact) mass is 226 g/mol. The Balaban J connectivity index is 1.75. The van der Waals surface area contributed by atoms with Gasteiger partial charge in [0.15, 0.2) is 0 Å². The normalized spacial score (nSPS) is 30.2. The number of nitrogens with zero attached hydrogens (tertiary/aromatic N) is 1. The van der Waals surface area contributed by atoms with Gasteiger partial charge in [-0.05, 0) is 19.3 Å². The summed E-state index contributed by atoms with van der Waals surface area (Å²) in [6.45, 7) is 1.22. The first-order valence-electron chi connectivity index (χ1n) is 5.82. The Morgan fingerprint density at radius 3 is 2.50 bits per heavy atom. The zero-order chi connectivity index (χ0) is 11.7. The van der Waals surface area contributed by atoms with E-state index >= 15 is 0 Å². The predicted molar refractivity (Wildman–Crippen MR) is 57.6 cm³/mol. The third kappa shape index (κ3) is 2.35. The summed E-state index contributed by atoms with van der Waals surface area (Å²) in [6, 6.07) is 0.171. The van der Waals surface area contributed by atoms with Crippen LogP contribution in [0, 0.1) is 11.8 Å². The van der Waals surface area contributed by atoms with Crippen molar-refractivity contribution in [1.29, 1.82) is 0 Å². The van der Waals surface area contributed by atoms with Gasteiger partial charge >= 0.3 is 5.97 Å². The first kappa shape index (κ1) is 11.4. The fraction of sp³-hybridized carbons (Fsp3) is 0.818. The lowest BCUT2D eigenvalue weighted by Crippen LogP contribution is -2.52. The number of amides is 1. The maximum atomic E-state index is 11.9. The molecule has 0 bridgehead atoms. The van der Waals surface area contributed by atoms with Crippen LogP contribution in [0.1, 0.15) is 25.7 Å². The van der Waals surface area contributed by atoms with Gasteiger partial charge in [0.05, 0.1) is 6.42 Å². The van der Waals surface area contributed by atoms with Crippen LogP contribution < -0.4 is 5.73 Å². The van der Waals surface area contributed by atoms with Crippen LogP contribution in [0.4, 0.5) is 0 Å². The summed E-state index contributed by atoms with van der Waals surface area (Å²) in [5.74, 6) is -0.369. The maximum Gasteiger partial charge on any atom is 0.303 e. The average molecular weight is 226 g/mol. The van der Waals surface area contributed by atoms with Crippen LogP contribution in [-0.4, -0.2) is 41.0 Å². The molecular weight excluding hydrogens is 208 g/mol. The van der Waals surface area contributed by atoms with Gasteiger partial charge in [0.2, 0.25) is 5.91 Å². The van der Waals surface area contributed by atoms with E-state index in [4.69, 9.17) is 10.8 Å². The highest BCUT2D eigenvalue weighted by Gasteiger charge is 2.37. The van der Waals surface area contributed by atoms with Crippen molar-refractivity contribution >= 4 is 11.9 Å². The Hall–Kier alpha value is -1.10. The summed E-state index contributed by atoms with van der Waals surface area (Å²) in [6.07, 6.45) is 2.79. The molecule has 0 aromatic heterocycles. The molecule has 2 aliphatic rings. The Morgan fingerprint density at radius 2 is 2.00 bits per heavy atom. The van der Waals surface area contributed by atoms with E-state index in [1.807, 2.05) is 0 Å². The van der Waals surface area contributed by atoms with Gasteiger partial charge in [-0.1, -0.05) is 0 Å². The minimum absolute atomic E-state index is 0.0841. The van der Waals surface area contributed by atoms with E-state index in [-0.39, 0.29) is 30.2 Å². The number of rotatable bonds is 3. The van der Waals surface area contributed by atoms with Crippen LogP contribution in [0.3, 0.4) is 0 Å². The van der Waals surface area contributed by atoms with Crippen LogP contribution in [0.15, 0.2) is 0 Å². The molecule has 90 valence electrons. The third-order valence-electron chi connectivity index (χ3n) is 3.55. The molecule has 1 saturated heterocycles. The van der Waals surface area contributed by atoms with Gasteiger partial charge in [-0.25, -0.2) is 0 Å². The highest BCUT2D eigenvalue weighted by molar-refractivity contribution is 5.80. The first-order chi connectivity index (χ1) is 7.56. The van der Waals surface area contributed by atoms with Gasteiger partial charge in [0.1, 0.15) is 0 Å². The van der Waals surface area contributed by atoms with Crippen molar-refractivity contribution in [3.8, 4) is 0 Å². The quantitative estimate of drug-likeness (QED) is 0.712. The van der Waals surface area contributed by atoms with Gasteiger partial charge in [0, 0.05) is 31.0 Å². The number of carboxylic acids is 1. The van der Waals surface area contributed by atoms with Crippen molar-refractivity contribution in [1.82, 2.24) is 4.90 Å². The number of likely N-dealkylation sites (tertiary alicyclic amines) is 1. The Morgan fingerprint density at radius 1 is 1.31 bits per heavy atom. The molecule has 0 spiro atoms.